The van der Waals surface area contributed by atoms with Gasteiger partial charge in [0.1, 0.15) is 5.56 Å². The summed E-state index contributed by atoms with van der Waals surface area (Å²) in [6.45, 7) is 0.482. The molecule has 0 aromatic carbocycles. The van der Waals surface area contributed by atoms with E-state index < -0.39 is 11.4 Å². The quantitative estimate of drug-likeness (QED) is 0.867. The van der Waals surface area contributed by atoms with E-state index in [1.54, 1.807) is 16.3 Å². The summed E-state index contributed by atoms with van der Waals surface area (Å²) in [6.07, 6.45) is 4.35. The van der Waals surface area contributed by atoms with Crippen molar-refractivity contribution < 1.29 is 19.4 Å². The number of methoxy groups -OCH3 is 1. The highest BCUT2D eigenvalue weighted by Gasteiger charge is 2.47. The van der Waals surface area contributed by atoms with Crippen LogP contribution >= 0.6 is 11.8 Å². The first-order chi connectivity index (χ1) is 11.0. The number of carbonyl (C=O) groups excluding carboxylic acids is 1. The van der Waals surface area contributed by atoms with Gasteiger partial charge in [0.2, 0.25) is 5.43 Å². The van der Waals surface area contributed by atoms with Crippen LogP contribution in [0.2, 0.25) is 0 Å². The fraction of sp³-hybridized carbons (Fsp3) is 0.533. The molecule has 23 heavy (non-hydrogen) atoms. The van der Waals surface area contributed by atoms with Crippen LogP contribution in [-0.4, -0.2) is 50.2 Å². The molecule has 2 fully saturated rings. The number of aromatic carboxylic acids is 1. The summed E-state index contributed by atoms with van der Waals surface area (Å²) in [7, 11) is 1.29. The number of thioether (sulfide) groups is 1. The van der Waals surface area contributed by atoms with Crippen molar-refractivity contribution in [3.8, 4) is 5.75 Å². The lowest BCUT2D eigenvalue weighted by Gasteiger charge is -2.44. The maximum Gasteiger partial charge on any atom is 0.341 e. The SMILES string of the molecule is COc1c2n(cc(C(=O)O)c1=O)CC1S[C@@H]3CC[C@@H](C3)N1C2=O. The molecule has 2 aliphatic heterocycles. The number of ether oxygens (including phenoxy) is 1. The molecule has 1 aromatic rings. The van der Waals surface area contributed by atoms with E-state index in [1.165, 1.54) is 13.3 Å². The Morgan fingerprint density at radius 2 is 2.17 bits per heavy atom. The van der Waals surface area contributed by atoms with E-state index in [-0.39, 0.29) is 34.3 Å². The molecule has 1 N–H and O–H groups in total. The van der Waals surface area contributed by atoms with Crippen LogP contribution in [0.25, 0.3) is 0 Å². The molecule has 2 bridgehead atoms. The van der Waals surface area contributed by atoms with Crippen molar-refractivity contribution in [2.75, 3.05) is 7.11 Å². The maximum atomic E-state index is 13.0. The molecular formula is C15H16N2O5S. The van der Waals surface area contributed by atoms with Gasteiger partial charge < -0.3 is 19.3 Å². The van der Waals surface area contributed by atoms with E-state index >= 15 is 0 Å². The van der Waals surface area contributed by atoms with Gasteiger partial charge in [0.25, 0.3) is 5.91 Å². The molecule has 3 aliphatic rings. The van der Waals surface area contributed by atoms with E-state index in [2.05, 4.69) is 0 Å². The molecule has 1 aliphatic carbocycles. The summed E-state index contributed by atoms with van der Waals surface area (Å²) in [5.41, 5.74) is -0.938. The molecule has 1 unspecified atom stereocenters. The Hall–Kier alpha value is -1.96. The summed E-state index contributed by atoms with van der Waals surface area (Å²) in [5, 5.41) is 9.77. The lowest BCUT2D eigenvalue weighted by Crippen LogP contribution is -2.54. The van der Waals surface area contributed by atoms with Crippen LogP contribution in [0.15, 0.2) is 11.0 Å². The standard InChI is InChI=1S/C15H16N2O5S/c1-22-13-11-14(19)17-7-2-3-8(4-7)23-10(17)6-16(11)5-9(12(13)18)15(20)21/h5,7-8,10H,2-4,6H2,1H3,(H,20,21)/t7-,8+,10?/m0/s1. The third kappa shape index (κ3) is 2.00. The Bertz CT molecular complexity index is 774. The molecule has 4 rings (SSSR count). The van der Waals surface area contributed by atoms with Crippen molar-refractivity contribution in [2.24, 2.45) is 0 Å². The fourth-order valence-electron chi connectivity index (χ4n) is 3.88. The molecule has 3 heterocycles. The first-order valence-corrected chi connectivity index (χ1v) is 8.48. The summed E-state index contributed by atoms with van der Waals surface area (Å²) < 4.78 is 6.69. The molecule has 122 valence electrons. The summed E-state index contributed by atoms with van der Waals surface area (Å²) in [6, 6.07) is 0.214. The van der Waals surface area contributed by atoms with E-state index in [4.69, 9.17) is 4.74 Å². The van der Waals surface area contributed by atoms with Crippen LogP contribution in [0.3, 0.4) is 0 Å². The summed E-state index contributed by atoms with van der Waals surface area (Å²) in [4.78, 5) is 38.4. The highest BCUT2D eigenvalue weighted by atomic mass is 32.2. The van der Waals surface area contributed by atoms with Crippen molar-refractivity contribution in [2.45, 2.75) is 42.5 Å². The van der Waals surface area contributed by atoms with Crippen LogP contribution < -0.4 is 10.2 Å². The molecule has 3 atom stereocenters. The van der Waals surface area contributed by atoms with Crippen molar-refractivity contribution in [1.82, 2.24) is 9.47 Å². The topological polar surface area (TPSA) is 88.8 Å². The van der Waals surface area contributed by atoms with Crippen LogP contribution in [0.4, 0.5) is 0 Å². The third-order valence-corrected chi connectivity index (χ3v) is 6.38. The Labute approximate surface area is 136 Å². The lowest BCUT2D eigenvalue weighted by atomic mass is 10.1. The zero-order chi connectivity index (χ0) is 16.3. The first-order valence-electron chi connectivity index (χ1n) is 7.54. The molecule has 1 saturated carbocycles. The summed E-state index contributed by atoms with van der Waals surface area (Å²) >= 11 is 1.77. The Balaban J connectivity index is 1.89. The van der Waals surface area contributed by atoms with Gasteiger partial charge in [-0.05, 0) is 19.3 Å². The molecule has 0 spiro atoms. The van der Waals surface area contributed by atoms with Gasteiger partial charge in [0.05, 0.1) is 19.0 Å². The van der Waals surface area contributed by atoms with Gasteiger partial charge in [0.15, 0.2) is 11.4 Å². The second-order valence-electron chi connectivity index (χ2n) is 6.10. The van der Waals surface area contributed by atoms with Crippen LogP contribution in [0.5, 0.6) is 5.75 Å². The zero-order valence-corrected chi connectivity index (χ0v) is 13.3. The number of hydrogen-bond donors (Lipinski definition) is 1. The minimum atomic E-state index is -1.31. The monoisotopic (exact) mass is 336 g/mol. The number of fused-ring (bicyclic) bond motifs is 5. The minimum Gasteiger partial charge on any atom is -0.491 e. The predicted octanol–water partition coefficient (Wildman–Crippen LogP) is 1.00. The third-order valence-electron chi connectivity index (χ3n) is 4.87. The smallest absolute Gasteiger partial charge is 0.341 e. The van der Waals surface area contributed by atoms with E-state index in [0.29, 0.717) is 11.8 Å². The lowest BCUT2D eigenvalue weighted by molar-refractivity contribution is 0.0563. The zero-order valence-electron chi connectivity index (χ0n) is 12.5. The number of carboxylic acid groups (broad SMARTS) is 1. The van der Waals surface area contributed by atoms with Gasteiger partial charge in [0, 0.05) is 17.5 Å². The van der Waals surface area contributed by atoms with Gasteiger partial charge >= 0.3 is 5.97 Å². The molecule has 8 heteroatoms. The van der Waals surface area contributed by atoms with Gasteiger partial charge in [-0.15, -0.1) is 11.8 Å². The van der Waals surface area contributed by atoms with Crippen molar-refractivity contribution in [3.05, 3.63) is 27.7 Å². The molecule has 7 nitrogen and oxygen atoms in total. The van der Waals surface area contributed by atoms with Crippen molar-refractivity contribution in [1.29, 1.82) is 0 Å². The van der Waals surface area contributed by atoms with E-state index in [1.807, 2.05) is 4.90 Å². The Morgan fingerprint density at radius 1 is 1.39 bits per heavy atom. The number of rotatable bonds is 2. The molecule has 0 radical (unpaired) electrons. The second-order valence-corrected chi connectivity index (χ2v) is 7.59. The predicted molar refractivity (Wildman–Crippen MR) is 83.2 cm³/mol. The van der Waals surface area contributed by atoms with Crippen LogP contribution in [0, 0.1) is 0 Å². The van der Waals surface area contributed by atoms with Gasteiger partial charge in [-0.3, -0.25) is 9.59 Å². The first kappa shape index (κ1) is 14.6. The normalized spacial score (nSPS) is 28.3. The van der Waals surface area contributed by atoms with E-state index in [9.17, 15) is 19.5 Å². The Morgan fingerprint density at radius 3 is 2.87 bits per heavy atom. The maximum absolute atomic E-state index is 13.0. The minimum absolute atomic E-state index is 0.00453. The molecule has 1 saturated heterocycles. The highest BCUT2D eigenvalue weighted by Crippen LogP contribution is 2.46. The van der Waals surface area contributed by atoms with E-state index in [0.717, 1.165) is 19.3 Å². The van der Waals surface area contributed by atoms with Crippen molar-refractivity contribution >= 4 is 23.6 Å². The number of carboxylic acids is 1. The molecule has 1 aromatic heterocycles. The number of amides is 1. The van der Waals surface area contributed by atoms with Crippen LogP contribution in [0.1, 0.15) is 40.1 Å². The highest BCUT2D eigenvalue weighted by molar-refractivity contribution is 8.00. The largest absolute Gasteiger partial charge is 0.491 e. The number of nitrogens with zero attached hydrogens (tertiary/aromatic N) is 2. The average Bonchev–Trinajstić information content (AvgIpc) is 2.88. The fourth-order valence-corrected chi connectivity index (χ4v) is 5.58. The second kappa shape index (κ2) is 5.02. The number of aromatic nitrogens is 1. The van der Waals surface area contributed by atoms with Gasteiger partial charge in [-0.2, -0.15) is 0 Å². The van der Waals surface area contributed by atoms with Crippen molar-refractivity contribution in [3.63, 3.8) is 0 Å². The number of carbonyl (C=O) groups is 2. The molecular weight excluding hydrogens is 320 g/mol. The number of pyridine rings is 1. The molecule has 1 amide bonds. The number of hydrogen-bond acceptors (Lipinski definition) is 5. The van der Waals surface area contributed by atoms with Crippen LogP contribution in [-0.2, 0) is 6.54 Å². The Kier molecular flexibility index (Phi) is 3.19. The average molecular weight is 336 g/mol. The summed E-state index contributed by atoms with van der Waals surface area (Å²) in [5.74, 6) is -1.71. The van der Waals surface area contributed by atoms with Gasteiger partial charge in [-0.25, -0.2) is 4.79 Å². The van der Waals surface area contributed by atoms with Gasteiger partial charge in [-0.1, -0.05) is 0 Å².